The molecule has 0 aliphatic carbocycles. The van der Waals surface area contributed by atoms with Crippen molar-refractivity contribution in [2.45, 2.75) is 13.1 Å². The molecule has 52 valence electrons. The maximum absolute atomic E-state index is 10.1. The van der Waals surface area contributed by atoms with Gasteiger partial charge in [-0.3, -0.25) is 4.79 Å². The van der Waals surface area contributed by atoms with E-state index in [-0.39, 0.29) is 0 Å². The van der Waals surface area contributed by atoms with Gasteiger partial charge in [0.1, 0.15) is 0 Å². The van der Waals surface area contributed by atoms with Crippen molar-refractivity contribution in [1.82, 2.24) is 5.32 Å². The molecule has 0 saturated carbocycles. The molecule has 0 aromatic rings. The van der Waals surface area contributed by atoms with Gasteiger partial charge in [0.25, 0.3) is 0 Å². The Bertz CT molecular complexity index is 134. The molecule has 0 saturated heterocycles. The van der Waals surface area contributed by atoms with Crippen molar-refractivity contribution >= 4 is 11.9 Å². The number of hydrogen-bond donors (Lipinski definition) is 3. The van der Waals surface area contributed by atoms with Crippen LogP contribution >= 0.6 is 0 Å². The largest absolute Gasteiger partial charge is 0.479 e. The lowest BCUT2D eigenvalue weighted by atomic mass is 10.5. The van der Waals surface area contributed by atoms with E-state index >= 15 is 0 Å². The summed E-state index contributed by atoms with van der Waals surface area (Å²) in [5.41, 5.74) is 4.89. The number of aliphatic carboxylic acids is 1. The van der Waals surface area contributed by atoms with Crippen LogP contribution in [0.1, 0.15) is 6.92 Å². The molecule has 4 N–H and O–H groups in total. The number of amides is 1. The summed E-state index contributed by atoms with van der Waals surface area (Å²) >= 11 is 0. The van der Waals surface area contributed by atoms with E-state index in [4.69, 9.17) is 10.8 Å². The first kappa shape index (κ1) is 7.90. The van der Waals surface area contributed by atoms with Crippen LogP contribution in [0.5, 0.6) is 0 Å². The van der Waals surface area contributed by atoms with Crippen molar-refractivity contribution in [2.75, 3.05) is 0 Å². The first-order valence-electron chi connectivity index (χ1n) is 2.29. The number of carbonyl (C=O) groups is 2. The van der Waals surface area contributed by atoms with Gasteiger partial charge in [0.15, 0.2) is 6.17 Å². The standard InChI is InChI=1S/C4H8N2O3/c1-2(7)6-3(5)4(8)9/h3H,5H2,1H3,(H,6,7)(H,8,9). The van der Waals surface area contributed by atoms with Crippen LogP contribution in [0.15, 0.2) is 0 Å². The highest BCUT2D eigenvalue weighted by Crippen LogP contribution is 1.70. The second kappa shape index (κ2) is 3.03. The fourth-order valence-electron chi connectivity index (χ4n) is 0.281. The summed E-state index contributed by atoms with van der Waals surface area (Å²) < 4.78 is 0. The maximum Gasteiger partial charge on any atom is 0.341 e. The minimum Gasteiger partial charge on any atom is -0.479 e. The summed E-state index contributed by atoms with van der Waals surface area (Å²) in [5, 5.41) is 10.1. The number of rotatable bonds is 2. The Morgan fingerprint density at radius 2 is 2.11 bits per heavy atom. The summed E-state index contributed by atoms with van der Waals surface area (Å²) in [7, 11) is 0. The average Bonchev–Trinajstić information content (AvgIpc) is 1.63. The zero-order valence-corrected chi connectivity index (χ0v) is 4.92. The van der Waals surface area contributed by atoms with Gasteiger partial charge in [0.05, 0.1) is 0 Å². The van der Waals surface area contributed by atoms with E-state index in [1.165, 1.54) is 6.92 Å². The number of carbonyl (C=O) groups excluding carboxylic acids is 1. The zero-order valence-electron chi connectivity index (χ0n) is 4.92. The molecule has 0 bridgehead atoms. The highest BCUT2D eigenvalue weighted by Gasteiger charge is 2.10. The summed E-state index contributed by atoms with van der Waals surface area (Å²) in [5.74, 6) is -1.70. The molecule has 1 amide bonds. The fourth-order valence-corrected chi connectivity index (χ4v) is 0.281. The smallest absolute Gasteiger partial charge is 0.341 e. The van der Waals surface area contributed by atoms with Crippen LogP contribution in [-0.2, 0) is 9.59 Å². The van der Waals surface area contributed by atoms with Crippen LogP contribution in [0.4, 0.5) is 0 Å². The second-order valence-corrected chi connectivity index (χ2v) is 1.52. The number of nitrogens with two attached hydrogens (primary N) is 1. The topological polar surface area (TPSA) is 92.4 Å². The Morgan fingerprint density at radius 3 is 2.22 bits per heavy atom. The molecule has 0 fully saturated rings. The number of carboxylic acids is 1. The van der Waals surface area contributed by atoms with Gasteiger partial charge in [0.2, 0.25) is 5.91 Å². The SMILES string of the molecule is CC(=O)NC(N)C(=O)O. The van der Waals surface area contributed by atoms with Gasteiger partial charge in [-0.1, -0.05) is 0 Å². The van der Waals surface area contributed by atoms with Gasteiger partial charge in [-0.25, -0.2) is 4.79 Å². The Kier molecular flexibility index (Phi) is 2.66. The third-order valence-corrected chi connectivity index (χ3v) is 0.625. The average molecular weight is 132 g/mol. The van der Waals surface area contributed by atoms with E-state index in [0.717, 1.165) is 0 Å². The molecule has 0 radical (unpaired) electrons. The predicted molar refractivity (Wildman–Crippen MR) is 29.4 cm³/mol. The van der Waals surface area contributed by atoms with Gasteiger partial charge in [-0.2, -0.15) is 0 Å². The Morgan fingerprint density at radius 1 is 1.67 bits per heavy atom. The maximum atomic E-state index is 10.1. The summed E-state index contributed by atoms with van der Waals surface area (Å²) in [6.07, 6.45) is -1.29. The highest BCUT2D eigenvalue weighted by atomic mass is 16.4. The van der Waals surface area contributed by atoms with E-state index in [1.54, 1.807) is 0 Å². The van der Waals surface area contributed by atoms with Crippen molar-refractivity contribution in [1.29, 1.82) is 0 Å². The molecule has 0 aliphatic rings. The predicted octanol–water partition coefficient (Wildman–Crippen LogP) is -1.51. The van der Waals surface area contributed by atoms with Crippen molar-refractivity contribution in [3.63, 3.8) is 0 Å². The van der Waals surface area contributed by atoms with Crippen LogP contribution in [0.3, 0.4) is 0 Å². The minimum atomic E-state index is -1.29. The molecular formula is C4H8N2O3. The van der Waals surface area contributed by atoms with Gasteiger partial charge in [-0.05, 0) is 0 Å². The van der Waals surface area contributed by atoms with Crippen molar-refractivity contribution in [3.8, 4) is 0 Å². The molecule has 0 heterocycles. The minimum absolute atomic E-state index is 0.454. The van der Waals surface area contributed by atoms with Gasteiger partial charge < -0.3 is 16.2 Å². The lowest BCUT2D eigenvalue weighted by Crippen LogP contribution is -2.46. The van der Waals surface area contributed by atoms with Crippen LogP contribution < -0.4 is 11.1 Å². The van der Waals surface area contributed by atoms with Gasteiger partial charge in [-0.15, -0.1) is 0 Å². The quantitative estimate of drug-likeness (QED) is 0.398. The third-order valence-electron chi connectivity index (χ3n) is 0.625. The van der Waals surface area contributed by atoms with E-state index < -0.39 is 18.0 Å². The van der Waals surface area contributed by atoms with Crippen LogP contribution in [0.25, 0.3) is 0 Å². The van der Waals surface area contributed by atoms with Crippen LogP contribution in [0, 0.1) is 0 Å². The normalized spacial score (nSPS) is 12.2. The fraction of sp³-hybridized carbons (Fsp3) is 0.500. The number of carboxylic acid groups (broad SMARTS) is 1. The first-order chi connectivity index (χ1) is 4.04. The first-order valence-corrected chi connectivity index (χ1v) is 2.29. The molecule has 9 heavy (non-hydrogen) atoms. The molecule has 1 atom stereocenters. The zero-order chi connectivity index (χ0) is 7.44. The molecule has 1 unspecified atom stereocenters. The van der Waals surface area contributed by atoms with Crippen molar-refractivity contribution < 1.29 is 14.7 Å². The second-order valence-electron chi connectivity index (χ2n) is 1.52. The lowest BCUT2D eigenvalue weighted by Gasteiger charge is -2.04. The number of nitrogens with one attached hydrogen (secondary N) is 1. The molecule has 0 rings (SSSR count). The molecule has 0 aromatic carbocycles. The molecule has 5 nitrogen and oxygen atoms in total. The van der Waals surface area contributed by atoms with Gasteiger partial charge in [0, 0.05) is 6.92 Å². The van der Waals surface area contributed by atoms with Crippen molar-refractivity contribution in [3.05, 3.63) is 0 Å². The number of hydrogen-bond acceptors (Lipinski definition) is 3. The molecule has 0 aliphatic heterocycles. The van der Waals surface area contributed by atoms with E-state index in [9.17, 15) is 9.59 Å². The third kappa shape index (κ3) is 3.48. The Hall–Kier alpha value is -1.10. The summed E-state index contributed by atoms with van der Waals surface area (Å²) in [4.78, 5) is 20.0. The Balaban J connectivity index is 3.63. The summed E-state index contributed by atoms with van der Waals surface area (Å²) in [6, 6.07) is 0. The lowest BCUT2D eigenvalue weighted by molar-refractivity contribution is -0.141. The molecule has 0 spiro atoms. The summed E-state index contributed by atoms with van der Waals surface area (Å²) in [6.45, 7) is 1.20. The van der Waals surface area contributed by atoms with Crippen LogP contribution in [0.2, 0.25) is 0 Å². The van der Waals surface area contributed by atoms with Crippen molar-refractivity contribution in [2.24, 2.45) is 5.73 Å². The monoisotopic (exact) mass is 132 g/mol. The highest BCUT2D eigenvalue weighted by molar-refractivity contribution is 5.81. The molecule has 5 heteroatoms. The van der Waals surface area contributed by atoms with E-state index in [0.29, 0.717) is 0 Å². The van der Waals surface area contributed by atoms with E-state index in [2.05, 4.69) is 0 Å². The molecular weight excluding hydrogens is 124 g/mol. The van der Waals surface area contributed by atoms with E-state index in [1.807, 2.05) is 5.32 Å². The van der Waals surface area contributed by atoms with Gasteiger partial charge >= 0.3 is 5.97 Å². The van der Waals surface area contributed by atoms with Crippen LogP contribution in [-0.4, -0.2) is 23.1 Å². The molecule has 0 aromatic heterocycles. The Labute approximate surface area is 51.8 Å².